The summed E-state index contributed by atoms with van der Waals surface area (Å²) in [4.78, 5) is 37.9. The summed E-state index contributed by atoms with van der Waals surface area (Å²) in [5.74, 6) is -0.932. The van der Waals surface area contributed by atoms with Crippen molar-refractivity contribution in [1.82, 2.24) is 0 Å². The molecule has 354 valence electrons. The molecule has 6 nitrogen and oxygen atoms in total. The number of allylic oxidation sites excluding steroid dienone is 14. The highest BCUT2D eigenvalue weighted by molar-refractivity contribution is 5.71. The Bertz CT molecular complexity index is 1220. The average Bonchev–Trinajstić information content (AvgIpc) is 3.27. The maximum absolute atomic E-state index is 12.8. The SMILES string of the molecule is CC/C=C\C/C=C\C/C=C\C/C=C\C/C=C\CCCCCCCC(=O)OCC(COC(=O)CCCCCCC/C=C\CCC)OC(=O)CCCCCCC/C=C\CCCCCC. The fourth-order valence-corrected chi connectivity index (χ4v) is 6.76. The molecule has 0 aromatic heterocycles. The van der Waals surface area contributed by atoms with Crippen LogP contribution in [0.25, 0.3) is 0 Å². The summed E-state index contributed by atoms with van der Waals surface area (Å²) >= 11 is 0. The number of rotatable bonds is 45. The highest BCUT2D eigenvalue weighted by Crippen LogP contribution is 2.13. The second-order valence-electron chi connectivity index (χ2n) is 16.7. The van der Waals surface area contributed by atoms with Crippen LogP contribution in [0.15, 0.2) is 85.1 Å². The average molecular weight is 863 g/mol. The Balaban J connectivity index is 4.38. The summed E-state index contributed by atoms with van der Waals surface area (Å²) in [6.45, 7) is 6.41. The number of hydrogen-bond donors (Lipinski definition) is 0. The minimum Gasteiger partial charge on any atom is -0.462 e. The number of unbranched alkanes of at least 4 members (excludes halogenated alkanes) is 20. The van der Waals surface area contributed by atoms with Crippen LogP contribution in [0.1, 0.15) is 233 Å². The van der Waals surface area contributed by atoms with Crippen molar-refractivity contribution in [3.05, 3.63) is 85.1 Å². The fraction of sp³-hybridized carbons (Fsp3) is 0.696. The Hall–Kier alpha value is -3.41. The maximum atomic E-state index is 12.8. The van der Waals surface area contributed by atoms with Gasteiger partial charge in [0.1, 0.15) is 13.2 Å². The van der Waals surface area contributed by atoms with Crippen molar-refractivity contribution in [3.63, 3.8) is 0 Å². The molecule has 0 aliphatic carbocycles. The lowest BCUT2D eigenvalue weighted by atomic mass is 10.1. The van der Waals surface area contributed by atoms with E-state index in [0.29, 0.717) is 19.3 Å². The standard InChI is InChI=1S/C56H94O6/c1-4-7-10-13-16-19-22-24-25-26-27-28-29-30-31-33-34-37-40-43-46-49-55(58)61-52-53(51-60-54(57)48-45-42-39-36-21-18-15-12-9-6-3)62-56(59)50-47-44-41-38-35-32-23-20-17-14-11-8-5-2/h7,10,12,15-16,19-20,23-25,27-28,30-31,53H,4-6,8-9,11,13-14,17-18,21-22,26,29,32-52H2,1-3H3/b10-7-,15-12-,19-16-,23-20-,25-24-,28-27-,31-30-. The number of carbonyl (C=O) groups is 3. The van der Waals surface area contributed by atoms with E-state index in [1.165, 1.54) is 51.4 Å². The lowest BCUT2D eigenvalue weighted by Gasteiger charge is -2.18. The lowest BCUT2D eigenvalue weighted by molar-refractivity contribution is -0.167. The minimum absolute atomic E-state index is 0.0913. The van der Waals surface area contributed by atoms with E-state index in [1.54, 1.807) is 0 Å². The Morgan fingerprint density at radius 1 is 0.339 bits per heavy atom. The van der Waals surface area contributed by atoms with Crippen LogP contribution in [0.5, 0.6) is 0 Å². The fourth-order valence-electron chi connectivity index (χ4n) is 6.76. The highest BCUT2D eigenvalue weighted by atomic mass is 16.6. The van der Waals surface area contributed by atoms with Crippen molar-refractivity contribution in [1.29, 1.82) is 0 Å². The van der Waals surface area contributed by atoms with Gasteiger partial charge in [-0.1, -0.05) is 189 Å². The predicted octanol–water partition coefficient (Wildman–Crippen LogP) is 16.8. The molecule has 0 heterocycles. The second-order valence-corrected chi connectivity index (χ2v) is 16.7. The molecule has 1 unspecified atom stereocenters. The first-order chi connectivity index (χ1) is 30.5. The third-order valence-electron chi connectivity index (χ3n) is 10.6. The van der Waals surface area contributed by atoms with Crippen LogP contribution in [0.4, 0.5) is 0 Å². The highest BCUT2D eigenvalue weighted by Gasteiger charge is 2.19. The molecule has 1 atom stereocenters. The van der Waals surface area contributed by atoms with Gasteiger partial charge in [-0.05, 0) is 109 Å². The van der Waals surface area contributed by atoms with Crippen LogP contribution in [-0.2, 0) is 28.6 Å². The molecule has 0 aromatic carbocycles. The van der Waals surface area contributed by atoms with E-state index in [4.69, 9.17) is 14.2 Å². The predicted molar refractivity (Wildman–Crippen MR) is 265 cm³/mol. The number of esters is 3. The molecule has 0 radical (unpaired) electrons. The van der Waals surface area contributed by atoms with Gasteiger partial charge in [-0.25, -0.2) is 0 Å². The largest absolute Gasteiger partial charge is 0.462 e. The van der Waals surface area contributed by atoms with Gasteiger partial charge in [0.05, 0.1) is 0 Å². The van der Waals surface area contributed by atoms with Gasteiger partial charge in [0.15, 0.2) is 6.10 Å². The van der Waals surface area contributed by atoms with Gasteiger partial charge in [-0.15, -0.1) is 0 Å². The van der Waals surface area contributed by atoms with E-state index in [-0.39, 0.29) is 31.1 Å². The van der Waals surface area contributed by atoms with Crippen molar-refractivity contribution >= 4 is 17.9 Å². The second kappa shape index (κ2) is 50.2. The van der Waals surface area contributed by atoms with Gasteiger partial charge in [0.2, 0.25) is 0 Å². The molecule has 0 saturated carbocycles. The first-order valence-corrected chi connectivity index (χ1v) is 25.6. The maximum Gasteiger partial charge on any atom is 0.306 e. The minimum atomic E-state index is -0.791. The molecular weight excluding hydrogens is 769 g/mol. The third kappa shape index (κ3) is 47.6. The Morgan fingerprint density at radius 3 is 1.06 bits per heavy atom. The van der Waals surface area contributed by atoms with Crippen LogP contribution >= 0.6 is 0 Å². The molecule has 0 amide bonds. The summed E-state index contributed by atoms with van der Waals surface area (Å²) in [5.41, 5.74) is 0. The summed E-state index contributed by atoms with van der Waals surface area (Å²) in [7, 11) is 0. The molecule has 0 bridgehead atoms. The van der Waals surface area contributed by atoms with Crippen molar-refractivity contribution in [2.24, 2.45) is 0 Å². The molecule has 0 saturated heterocycles. The molecule has 0 aliphatic rings. The van der Waals surface area contributed by atoms with Crippen molar-refractivity contribution in [2.75, 3.05) is 13.2 Å². The first kappa shape index (κ1) is 58.6. The Morgan fingerprint density at radius 2 is 0.661 bits per heavy atom. The van der Waals surface area contributed by atoms with Crippen LogP contribution in [0, 0.1) is 0 Å². The molecule has 62 heavy (non-hydrogen) atoms. The normalized spacial score (nSPS) is 12.8. The van der Waals surface area contributed by atoms with Crippen LogP contribution in [0.3, 0.4) is 0 Å². The molecule has 6 heteroatoms. The van der Waals surface area contributed by atoms with Gasteiger partial charge in [-0.3, -0.25) is 14.4 Å². The van der Waals surface area contributed by atoms with Crippen LogP contribution in [0.2, 0.25) is 0 Å². The van der Waals surface area contributed by atoms with Crippen molar-refractivity contribution in [3.8, 4) is 0 Å². The van der Waals surface area contributed by atoms with Crippen molar-refractivity contribution < 1.29 is 28.6 Å². The summed E-state index contributed by atoms with van der Waals surface area (Å²) < 4.78 is 16.7. The molecule has 0 N–H and O–H groups in total. The van der Waals surface area contributed by atoms with Gasteiger partial charge in [0, 0.05) is 19.3 Å². The van der Waals surface area contributed by atoms with E-state index in [2.05, 4.69) is 106 Å². The zero-order valence-electron chi connectivity index (χ0n) is 40.4. The smallest absolute Gasteiger partial charge is 0.306 e. The quantitative estimate of drug-likeness (QED) is 0.0263. The molecule has 0 aromatic rings. The van der Waals surface area contributed by atoms with E-state index >= 15 is 0 Å². The Labute approximate surface area is 382 Å². The molecule has 0 spiro atoms. The van der Waals surface area contributed by atoms with Gasteiger partial charge in [-0.2, -0.15) is 0 Å². The molecule has 0 aliphatic heterocycles. The first-order valence-electron chi connectivity index (χ1n) is 25.6. The van der Waals surface area contributed by atoms with E-state index < -0.39 is 6.10 Å². The third-order valence-corrected chi connectivity index (χ3v) is 10.6. The van der Waals surface area contributed by atoms with Gasteiger partial charge in [0.25, 0.3) is 0 Å². The topological polar surface area (TPSA) is 78.9 Å². The van der Waals surface area contributed by atoms with E-state index in [1.807, 2.05) is 0 Å². The molecule has 0 rings (SSSR count). The summed E-state index contributed by atoms with van der Waals surface area (Å²) in [5, 5.41) is 0. The van der Waals surface area contributed by atoms with E-state index in [9.17, 15) is 14.4 Å². The van der Waals surface area contributed by atoms with E-state index in [0.717, 1.165) is 141 Å². The van der Waals surface area contributed by atoms with Crippen molar-refractivity contribution in [2.45, 2.75) is 239 Å². The lowest BCUT2D eigenvalue weighted by Crippen LogP contribution is -2.30. The Kier molecular flexibility index (Phi) is 47.5. The van der Waals surface area contributed by atoms with Gasteiger partial charge >= 0.3 is 17.9 Å². The molecular formula is C56H94O6. The zero-order chi connectivity index (χ0) is 45.1. The number of carbonyl (C=O) groups excluding carboxylic acids is 3. The number of hydrogen-bond acceptors (Lipinski definition) is 6. The number of ether oxygens (including phenoxy) is 3. The summed E-state index contributed by atoms with van der Waals surface area (Å²) in [6.07, 6.45) is 64.2. The van der Waals surface area contributed by atoms with Crippen LogP contribution < -0.4 is 0 Å². The monoisotopic (exact) mass is 863 g/mol. The zero-order valence-corrected chi connectivity index (χ0v) is 40.4. The summed E-state index contributed by atoms with van der Waals surface area (Å²) in [6, 6.07) is 0. The van der Waals surface area contributed by atoms with Gasteiger partial charge < -0.3 is 14.2 Å². The van der Waals surface area contributed by atoms with Crippen LogP contribution in [-0.4, -0.2) is 37.2 Å². The molecule has 0 fully saturated rings.